The van der Waals surface area contributed by atoms with Gasteiger partial charge in [0.2, 0.25) is 5.95 Å². The van der Waals surface area contributed by atoms with Crippen LogP contribution in [0.1, 0.15) is 59.1 Å². The predicted molar refractivity (Wildman–Crippen MR) is 98.3 cm³/mol. The number of nitrogens with one attached hydrogen (secondary N) is 3. The van der Waals surface area contributed by atoms with E-state index >= 15 is 0 Å². The summed E-state index contributed by atoms with van der Waals surface area (Å²) in [5.41, 5.74) is 0.297. The van der Waals surface area contributed by atoms with Crippen molar-refractivity contribution in [3.8, 4) is 0 Å². The van der Waals surface area contributed by atoms with Crippen LogP contribution in [0.5, 0.6) is 0 Å². The molecule has 0 aliphatic heterocycles. The van der Waals surface area contributed by atoms with Crippen molar-refractivity contribution in [3.63, 3.8) is 0 Å². The van der Waals surface area contributed by atoms with Gasteiger partial charge in [-0.3, -0.25) is 15.1 Å². The lowest BCUT2D eigenvalue weighted by atomic mass is 9.91. The van der Waals surface area contributed by atoms with Gasteiger partial charge in [-0.25, -0.2) is 9.78 Å². The zero-order valence-electron chi connectivity index (χ0n) is 15.6. The molecule has 6 nitrogen and oxygen atoms in total. The average Bonchev–Trinajstić information content (AvgIpc) is 2.44. The van der Waals surface area contributed by atoms with E-state index in [-0.39, 0.29) is 17.5 Å². The van der Waals surface area contributed by atoms with E-state index in [9.17, 15) is 9.59 Å². The Hall–Kier alpha value is -1.85. The molecule has 24 heavy (non-hydrogen) atoms. The molecule has 0 unspecified atom stereocenters. The predicted octanol–water partition coefficient (Wildman–Crippen LogP) is 3.69. The molecular weight excluding hydrogens is 304 g/mol. The summed E-state index contributed by atoms with van der Waals surface area (Å²) in [5.74, 6) is 1.99. The summed E-state index contributed by atoms with van der Waals surface area (Å²) in [7, 11) is 0. The van der Waals surface area contributed by atoms with Gasteiger partial charge in [0.15, 0.2) is 0 Å². The van der Waals surface area contributed by atoms with Gasteiger partial charge in [-0.2, -0.15) is 0 Å². The smallest absolute Gasteiger partial charge is 0.321 e. The van der Waals surface area contributed by atoms with E-state index in [1.165, 1.54) is 18.9 Å². The Bertz CT molecular complexity index is 554. The summed E-state index contributed by atoms with van der Waals surface area (Å²) in [6.07, 6.45) is 4.56. The number of rotatable bonds is 9. The Kier molecular flexibility index (Phi) is 8.50. The molecule has 0 atom stereocenters. The first kappa shape index (κ1) is 20.2. The fourth-order valence-electron chi connectivity index (χ4n) is 2.51. The van der Waals surface area contributed by atoms with Crippen LogP contribution < -0.4 is 16.2 Å². The minimum Gasteiger partial charge on any atom is -0.338 e. The highest BCUT2D eigenvalue weighted by Gasteiger charge is 2.13. The number of carbonyl (C=O) groups excluding carboxylic acids is 1. The van der Waals surface area contributed by atoms with E-state index in [0.29, 0.717) is 30.0 Å². The van der Waals surface area contributed by atoms with Gasteiger partial charge in [0.1, 0.15) is 0 Å². The lowest BCUT2D eigenvalue weighted by Gasteiger charge is -2.19. The molecule has 1 heterocycles. The molecule has 0 fully saturated rings. The second kappa shape index (κ2) is 10.1. The fourth-order valence-corrected chi connectivity index (χ4v) is 2.51. The summed E-state index contributed by atoms with van der Waals surface area (Å²) >= 11 is 0. The highest BCUT2D eigenvalue weighted by Crippen LogP contribution is 2.19. The third-order valence-electron chi connectivity index (χ3n) is 3.96. The van der Waals surface area contributed by atoms with Crippen molar-refractivity contribution in [1.82, 2.24) is 15.3 Å². The van der Waals surface area contributed by atoms with Gasteiger partial charge < -0.3 is 5.32 Å². The molecule has 0 spiro atoms. The van der Waals surface area contributed by atoms with E-state index in [2.05, 4.69) is 48.3 Å². The number of hydrogen-bond donors (Lipinski definition) is 3. The maximum Gasteiger partial charge on any atom is 0.321 e. The van der Waals surface area contributed by atoms with Crippen LogP contribution in [0.25, 0.3) is 0 Å². The topological polar surface area (TPSA) is 86.9 Å². The molecule has 2 amide bonds. The van der Waals surface area contributed by atoms with Crippen molar-refractivity contribution >= 4 is 12.0 Å². The number of urea groups is 1. The summed E-state index contributed by atoms with van der Waals surface area (Å²) in [5, 5.41) is 5.50. The Morgan fingerprint density at radius 3 is 2.21 bits per heavy atom. The number of carbonyl (C=O) groups is 1. The van der Waals surface area contributed by atoms with E-state index in [4.69, 9.17) is 0 Å². The Labute approximate surface area is 144 Å². The maximum absolute atomic E-state index is 12.0. The third kappa shape index (κ3) is 8.70. The first-order valence-electron chi connectivity index (χ1n) is 8.89. The minimum atomic E-state index is -0.331. The van der Waals surface area contributed by atoms with Crippen molar-refractivity contribution in [2.75, 3.05) is 11.9 Å². The van der Waals surface area contributed by atoms with Crippen LogP contribution in [-0.4, -0.2) is 22.5 Å². The lowest BCUT2D eigenvalue weighted by molar-refractivity contribution is 0.248. The number of anilines is 1. The van der Waals surface area contributed by atoms with Crippen molar-refractivity contribution in [3.05, 3.63) is 22.1 Å². The van der Waals surface area contributed by atoms with Gasteiger partial charge in [0.05, 0.1) is 0 Å². The Balaban J connectivity index is 2.50. The van der Waals surface area contributed by atoms with Crippen molar-refractivity contribution in [2.24, 2.45) is 17.8 Å². The SMILES string of the molecule is Cc1cc(=O)[nH]c(NC(=O)NCC(CCC(C)C)CCC(C)C)n1. The number of amides is 2. The van der Waals surface area contributed by atoms with Gasteiger partial charge in [-0.05, 0) is 37.5 Å². The minimum absolute atomic E-state index is 0.179. The summed E-state index contributed by atoms with van der Waals surface area (Å²) in [6, 6.07) is 1.06. The number of nitrogens with zero attached hydrogens (tertiary/aromatic N) is 1. The first-order valence-corrected chi connectivity index (χ1v) is 8.89. The fraction of sp³-hybridized carbons (Fsp3) is 0.722. The van der Waals surface area contributed by atoms with Crippen LogP contribution in [0.3, 0.4) is 0 Å². The molecule has 6 heteroatoms. The van der Waals surface area contributed by atoms with E-state index in [1.54, 1.807) is 6.92 Å². The van der Waals surface area contributed by atoms with Gasteiger partial charge in [0, 0.05) is 18.3 Å². The summed E-state index contributed by atoms with van der Waals surface area (Å²) in [4.78, 5) is 30.0. The normalized spacial score (nSPS) is 11.3. The molecule has 0 saturated carbocycles. The quantitative estimate of drug-likeness (QED) is 0.643. The molecule has 1 aromatic rings. The van der Waals surface area contributed by atoms with Crippen LogP contribution in [-0.2, 0) is 0 Å². The van der Waals surface area contributed by atoms with E-state index < -0.39 is 0 Å². The third-order valence-corrected chi connectivity index (χ3v) is 3.96. The van der Waals surface area contributed by atoms with Crippen LogP contribution >= 0.6 is 0 Å². The van der Waals surface area contributed by atoms with E-state index in [0.717, 1.165) is 12.8 Å². The number of aryl methyl sites for hydroxylation is 1. The van der Waals surface area contributed by atoms with Crippen LogP contribution in [0.15, 0.2) is 10.9 Å². The molecule has 1 rings (SSSR count). The molecule has 1 aromatic heterocycles. The number of aromatic nitrogens is 2. The average molecular weight is 336 g/mol. The molecule has 0 aliphatic carbocycles. The van der Waals surface area contributed by atoms with Crippen molar-refractivity contribution < 1.29 is 4.79 Å². The molecule has 0 saturated heterocycles. The summed E-state index contributed by atoms with van der Waals surface area (Å²) in [6.45, 7) is 11.2. The molecule has 0 aromatic carbocycles. The Morgan fingerprint density at radius 1 is 1.12 bits per heavy atom. The molecule has 0 aliphatic rings. The molecule has 136 valence electrons. The molecule has 3 N–H and O–H groups in total. The van der Waals surface area contributed by atoms with Crippen molar-refractivity contribution in [2.45, 2.75) is 60.3 Å². The second-order valence-corrected chi connectivity index (χ2v) is 7.38. The van der Waals surface area contributed by atoms with Crippen LogP contribution in [0.4, 0.5) is 10.7 Å². The highest BCUT2D eigenvalue weighted by molar-refractivity contribution is 5.87. The zero-order chi connectivity index (χ0) is 18.1. The van der Waals surface area contributed by atoms with Crippen LogP contribution in [0.2, 0.25) is 0 Å². The van der Waals surface area contributed by atoms with Gasteiger partial charge >= 0.3 is 6.03 Å². The van der Waals surface area contributed by atoms with E-state index in [1.807, 2.05) is 0 Å². The maximum atomic E-state index is 12.0. The Morgan fingerprint density at radius 2 is 1.71 bits per heavy atom. The highest BCUT2D eigenvalue weighted by atomic mass is 16.2. The summed E-state index contributed by atoms with van der Waals surface area (Å²) < 4.78 is 0. The molecular formula is C18H32N4O2. The number of hydrogen-bond acceptors (Lipinski definition) is 3. The standard InChI is InChI=1S/C18H32N4O2/c1-12(2)6-8-15(9-7-13(3)4)11-19-18(24)22-17-20-14(5)10-16(23)21-17/h10,12-13,15H,6-9,11H2,1-5H3,(H3,19,20,21,22,23,24). The number of H-pyrrole nitrogens is 1. The van der Waals surface area contributed by atoms with Gasteiger partial charge in [-0.15, -0.1) is 0 Å². The van der Waals surface area contributed by atoms with Crippen LogP contribution in [0, 0.1) is 24.7 Å². The lowest BCUT2D eigenvalue weighted by Crippen LogP contribution is -2.34. The number of aromatic amines is 1. The second-order valence-electron chi connectivity index (χ2n) is 7.38. The van der Waals surface area contributed by atoms with Gasteiger partial charge in [-0.1, -0.05) is 40.5 Å². The van der Waals surface area contributed by atoms with Gasteiger partial charge in [0.25, 0.3) is 5.56 Å². The largest absolute Gasteiger partial charge is 0.338 e. The van der Waals surface area contributed by atoms with Crippen molar-refractivity contribution in [1.29, 1.82) is 0 Å². The monoisotopic (exact) mass is 336 g/mol. The molecule has 0 bridgehead atoms. The first-order chi connectivity index (χ1) is 11.3. The zero-order valence-corrected chi connectivity index (χ0v) is 15.6. The molecule has 0 radical (unpaired) electrons.